The lowest BCUT2D eigenvalue weighted by molar-refractivity contribution is -0.128. The van der Waals surface area contributed by atoms with Crippen molar-refractivity contribution in [3.05, 3.63) is 35.6 Å². The second kappa shape index (κ2) is 8.40. The van der Waals surface area contributed by atoms with Gasteiger partial charge in [0.15, 0.2) is 0 Å². The number of carbonyl (C=O) groups excluding carboxylic acids is 2. The predicted octanol–water partition coefficient (Wildman–Crippen LogP) is 2.87. The molecule has 2 heterocycles. The molecular formula is C22H29FN2O4. The average Bonchev–Trinajstić information content (AvgIpc) is 3.36. The minimum atomic E-state index is -0.790. The first-order valence-electron chi connectivity index (χ1n) is 10.6. The molecular weight excluding hydrogens is 375 g/mol. The lowest BCUT2D eigenvalue weighted by atomic mass is 9.83. The van der Waals surface area contributed by atoms with Crippen molar-refractivity contribution in [1.29, 1.82) is 0 Å². The summed E-state index contributed by atoms with van der Waals surface area (Å²) in [5, 5.41) is 2.93. The summed E-state index contributed by atoms with van der Waals surface area (Å²) in [4.78, 5) is 28.0. The van der Waals surface area contributed by atoms with Crippen LogP contribution >= 0.6 is 0 Å². The molecule has 158 valence electrons. The minimum absolute atomic E-state index is 0.0260. The van der Waals surface area contributed by atoms with E-state index in [1.807, 2.05) is 0 Å². The summed E-state index contributed by atoms with van der Waals surface area (Å²) >= 11 is 0. The molecule has 2 saturated heterocycles. The molecule has 1 aliphatic carbocycles. The van der Waals surface area contributed by atoms with Crippen LogP contribution in [0.3, 0.4) is 0 Å². The normalized spacial score (nSPS) is 31.9. The number of carbonyl (C=O) groups is 2. The van der Waals surface area contributed by atoms with E-state index in [4.69, 9.17) is 9.47 Å². The fraction of sp³-hybridized carbons (Fsp3) is 0.636. The predicted molar refractivity (Wildman–Crippen MR) is 105 cm³/mol. The SMILES string of the molecule is CC1CCC2(CC1)OC[C@H](C(=O)NC[C@H]1CCCO1)N2C(=O)c1cccc(F)c1. The van der Waals surface area contributed by atoms with Gasteiger partial charge in [0.2, 0.25) is 5.91 Å². The summed E-state index contributed by atoms with van der Waals surface area (Å²) in [6.45, 7) is 3.50. The van der Waals surface area contributed by atoms with Gasteiger partial charge in [-0.05, 0) is 62.6 Å². The van der Waals surface area contributed by atoms with E-state index in [1.165, 1.54) is 18.2 Å². The molecule has 4 rings (SSSR count). The maximum atomic E-state index is 13.8. The van der Waals surface area contributed by atoms with Crippen molar-refractivity contribution in [3.63, 3.8) is 0 Å². The summed E-state index contributed by atoms with van der Waals surface area (Å²) in [5.74, 6) is -0.501. The van der Waals surface area contributed by atoms with Gasteiger partial charge in [0.05, 0.1) is 12.7 Å². The summed E-state index contributed by atoms with van der Waals surface area (Å²) in [6.07, 6.45) is 5.18. The van der Waals surface area contributed by atoms with Crippen molar-refractivity contribution >= 4 is 11.8 Å². The molecule has 1 aromatic rings. The maximum Gasteiger partial charge on any atom is 0.256 e. The van der Waals surface area contributed by atoms with Crippen LogP contribution in [0.4, 0.5) is 4.39 Å². The Labute approximate surface area is 170 Å². The molecule has 0 aromatic heterocycles. The number of rotatable bonds is 4. The van der Waals surface area contributed by atoms with Crippen molar-refractivity contribution in [1.82, 2.24) is 10.2 Å². The van der Waals surface area contributed by atoms with Gasteiger partial charge in [-0.1, -0.05) is 13.0 Å². The van der Waals surface area contributed by atoms with E-state index in [-0.39, 0.29) is 30.1 Å². The lowest BCUT2D eigenvalue weighted by Gasteiger charge is -2.43. The van der Waals surface area contributed by atoms with Gasteiger partial charge in [-0.25, -0.2) is 4.39 Å². The molecule has 2 amide bonds. The van der Waals surface area contributed by atoms with E-state index in [1.54, 1.807) is 11.0 Å². The molecule has 1 N–H and O–H groups in total. The van der Waals surface area contributed by atoms with Crippen molar-refractivity contribution in [2.45, 2.75) is 63.3 Å². The zero-order valence-electron chi connectivity index (χ0n) is 16.9. The number of ether oxygens (including phenoxy) is 2. The Bertz CT molecular complexity index is 757. The van der Waals surface area contributed by atoms with E-state index < -0.39 is 17.6 Å². The number of amides is 2. The summed E-state index contributed by atoms with van der Waals surface area (Å²) in [7, 11) is 0. The Morgan fingerprint density at radius 2 is 2.07 bits per heavy atom. The molecule has 0 bridgehead atoms. The number of benzene rings is 1. The maximum absolute atomic E-state index is 13.8. The smallest absolute Gasteiger partial charge is 0.256 e. The van der Waals surface area contributed by atoms with E-state index >= 15 is 0 Å². The Kier molecular flexibility index (Phi) is 5.88. The number of nitrogens with zero attached hydrogens (tertiary/aromatic N) is 1. The second-order valence-corrected chi connectivity index (χ2v) is 8.52. The topological polar surface area (TPSA) is 67.9 Å². The Hall–Kier alpha value is -1.99. The highest BCUT2D eigenvalue weighted by Crippen LogP contribution is 2.43. The van der Waals surface area contributed by atoms with E-state index in [0.717, 1.165) is 32.3 Å². The first-order chi connectivity index (χ1) is 14.0. The zero-order valence-corrected chi connectivity index (χ0v) is 16.9. The Morgan fingerprint density at radius 3 is 2.76 bits per heavy atom. The average molecular weight is 404 g/mol. The van der Waals surface area contributed by atoms with Crippen LogP contribution in [0.2, 0.25) is 0 Å². The van der Waals surface area contributed by atoms with Crippen molar-refractivity contribution in [3.8, 4) is 0 Å². The van der Waals surface area contributed by atoms with Crippen LogP contribution in [0.25, 0.3) is 0 Å². The van der Waals surface area contributed by atoms with Crippen LogP contribution in [-0.2, 0) is 14.3 Å². The molecule has 29 heavy (non-hydrogen) atoms. The highest BCUT2D eigenvalue weighted by Gasteiger charge is 2.53. The van der Waals surface area contributed by atoms with Gasteiger partial charge in [-0.15, -0.1) is 0 Å². The monoisotopic (exact) mass is 404 g/mol. The minimum Gasteiger partial charge on any atom is -0.376 e. The highest BCUT2D eigenvalue weighted by atomic mass is 19.1. The molecule has 0 radical (unpaired) electrons. The van der Waals surface area contributed by atoms with Crippen LogP contribution in [0.15, 0.2) is 24.3 Å². The van der Waals surface area contributed by atoms with Crippen LogP contribution in [0.5, 0.6) is 0 Å². The molecule has 7 heteroatoms. The first kappa shape index (κ1) is 20.3. The molecule has 1 saturated carbocycles. The standard InChI is InChI=1S/C22H29FN2O4/c1-15-7-9-22(10-8-15)25(21(27)16-4-2-5-17(23)12-16)19(14-29-22)20(26)24-13-18-6-3-11-28-18/h2,4-5,12,15,18-19H,3,6-11,13-14H2,1H3,(H,24,26)/t15?,18-,19-,22?/m1/s1. The molecule has 2 aliphatic heterocycles. The molecule has 6 nitrogen and oxygen atoms in total. The Morgan fingerprint density at radius 1 is 1.28 bits per heavy atom. The molecule has 1 aromatic carbocycles. The number of nitrogens with one attached hydrogen (secondary N) is 1. The lowest BCUT2D eigenvalue weighted by Crippen LogP contribution is -2.57. The van der Waals surface area contributed by atoms with Gasteiger partial charge < -0.3 is 14.8 Å². The van der Waals surface area contributed by atoms with Crippen molar-refractivity contribution in [2.24, 2.45) is 5.92 Å². The van der Waals surface area contributed by atoms with Gasteiger partial charge in [0.25, 0.3) is 5.91 Å². The van der Waals surface area contributed by atoms with Gasteiger partial charge in [0, 0.05) is 18.7 Å². The number of halogens is 1. The molecule has 3 fully saturated rings. The van der Waals surface area contributed by atoms with Crippen LogP contribution in [-0.4, -0.2) is 54.3 Å². The second-order valence-electron chi connectivity index (χ2n) is 8.52. The fourth-order valence-corrected chi connectivity index (χ4v) is 4.68. The summed E-state index contributed by atoms with van der Waals surface area (Å²) < 4.78 is 25.5. The van der Waals surface area contributed by atoms with Crippen LogP contribution < -0.4 is 5.32 Å². The quantitative estimate of drug-likeness (QED) is 0.838. The fourth-order valence-electron chi connectivity index (χ4n) is 4.68. The highest BCUT2D eigenvalue weighted by molar-refractivity contribution is 5.98. The number of hydrogen-bond donors (Lipinski definition) is 1. The summed E-state index contributed by atoms with van der Waals surface area (Å²) in [5.41, 5.74) is -0.549. The number of hydrogen-bond acceptors (Lipinski definition) is 4. The molecule has 0 unspecified atom stereocenters. The largest absolute Gasteiger partial charge is 0.376 e. The third kappa shape index (κ3) is 4.16. The Balaban J connectivity index is 1.56. The molecule has 2 atom stereocenters. The first-order valence-corrected chi connectivity index (χ1v) is 10.6. The van der Waals surface area contributed by atoms with E-state index in [2.05, 4.69) is 12.2 Å². The molecule has 1 spiro atoms. The van der Waals surface area contributed by atoms with Gasteiger partial charge in [-0.3, -0.25) is 14.5 Å². The van der Waals surface area contributed by atoms with Crippen molar-refractivity contribution < 1.29 is 23.5 Å². The zero-order chi connectivity index (χ0) is 20.4. The van der Waals surface area contributed by atoms with Crippen LogP contribution in [0.1, 0.15) is 55.8 Å². The molecule has 3 aliphatic rings. The van der Waals surface area contributed by atoms with Crippen molar-refractivity contribution in [2.75, 3.05) is 19.8 Å². The van der Waals surface area contributed by atoms with Gasteiger partial charge >= 0.3 is 0 Å². The van der Waals surface area contributed by atoms with Gasteiger partial charge in [0.1, 0.15) is 17.6 Å². The van der Waals surface area contributed by atoms with Gasteiger partial charge in [-0.2, -0.15) is 0 Å². The third-order valence-electron chi connectivity index (χ3n) is 6.44. The van der Waals surface area contributed by atoms with Crippen LogP contribution in [0, 0.1) is 11.7 Å². The van der Waals surface area contributed by atoms with E-state index in [9.17, 15) is 14.0 Å². The summed E-state index contributed by atoms with van der Waals surface area (Å²) in [6, 6.07) is 4.91. The van der Waals surface area contributed by atoms with E-state index in [0.29, 0.717) is 25.3 Å². The third-order valence-corrected chi connectivity index (χ3v) is 6.44.